The Morgan fingerprint density at radius 1 is 0.882 bits per heavy atom. The lowest BCUT2D eigenvalue weighted by Gasteiger charge is -2.04. The van der Waals surface area contributed by atoms with E-state index >= 15 is 0 Å². The molecule has 0 amide bonds. The number of anilines is 1. The van der Waals surface area contributed by atoms with Crippen molar-refractivity contribution >= 4 is 17.8 Å². The van der Waals surface area contributed by atoms with Crippen molar-refractivity contribution in [2.75, 3.05) is 5.73 Å². The normalized spacial score (nSPS) is 10.9. The minimum atomic E-state index is 0.800. The fourth-order valence-corrected chi connectivity index (χ4v) is 1.93. The highest BCUT2D eigenvalue weighted by Crippen LogP contribution is 2.17. The summed E-state index contributed by atoms with van der Waals surface area (Å²) in [5.41, 5.74) is 11.6. The molecular weight excluding hydrogens is 206 g/mol. The Labute approximate surface area is 103 Å². The molecular formula is C16H17N. The molecule has 2 aromatic rings. The van der Waals surface area contributed by atoms with Gasteiger partial charge in [0.05, 0.1) is 0 Å². The van der Waals surface area contributed by atoms with E-state index < -0.39 is 0 Å². The maximum absolute atomic E-state index is 5.75. The first-order valence-corrected chi connectivity index (χ1v) is 5.76. The van der Waals surface area contributed by atoms with Crippen LogP contribution < -0.4 is 5.73 Å². The van der Waals surface area contributed by atoms with Crippen molar-refractivity contribution in [1.29, 1.82) is 0 Å². The molecule has 0 atom stereocenters. The third-order valence-corrected chi connectivity index (χ3v) is 2.90. The fourth-order valence-electron chi connectivity index (χ4n) is 1.93. The number of hydrogen-bond acceptors (Lipinski definition) is 1. The lowest BCUT2D eigenvalue weighted by Crippen LogP contribution is -1.86. The van der Waals surface area contributed by atoms with Gasteiger partial charge in [0.25, 0.3) is 0 Å². The van der Waals surface area contributed by atoms with E-state index in [9.17, 15) is 0 Å². The maximum atomic E-state index is 5.75. The van der Waals surface area contributed by atoms with Crippen LogP contribution in [-0.2, 0) is 0 Å². The number of aryl methyl sites for hydroxylation is 2. The molecule has 17 heavy (non-hydrogen) atoms. The molecule has 0 fully saturated rings. The van der Waals surface area contributed by atoms with Crippen molar-refractivity contribution in [3.8, 4) is 0 Å². The number of nitrogens with two attached hydrogens (primary N) is 1. The van der Waals surface area contributed by atoms with Gasteiger partial charge in [-0.3, -0.25) is 0 Å². The van der Waals surface area contributed by atoms with Crippen molar-refractivity contribution in [3.05, 3.63) is 64.7 Å². The van der Waals surface area contributed by atoms with Gasteiger partial charge in [0, 0.05) is 5.69 Å². The molecule has 0 radical (unpaired) electrons. The van der Waals surface area contributed by atoms with Crippen molar-refractivity contribution in [2.45, 2.75) is 13.8 Å². The highest BCUT2D eigenvalue weighted by Gasteiger charge is 1.97. The van der Waals surface area contributed by atoms with E-state index in [1.165, 1.54) is 16.7 Å². The summed E-state index contributed by atoms with van der Waals surface area (Å²) in [6, 6.07) is 14.3. The van der Waals surface area contributed by atoms with Crippen LogP contribution in [0.4, 0.5) is 5.69 Å². The first kappa shape index (κ1) is 11.5. The molecule has 1 heteroatoms. The number of rotatable bonds is 2. The Kier molecular flexibility index (Phi) is 3.29. The standard InChI is InChI=1S/C16H17N/c1-12-5-3-6-13(2)16(12)10-9-14-7-4-8-15(17)11-14/h3-11H,17H2,1-2H3. The van der Waals surface area contributed by atoms with Gasteiger partial charge in [0.2, 0.25) is 0 Å². The number of nitrogen functional groups attached to an aromatic ring is 1. The Bertz CT molecular complexity index is 533. The van der Waals surface area contributed by atoms with E-state index in [1.54, 1.807) is 0 Å². The van der Waals surface area contributed by atoms with Gasteiger partial charge in [-0.05, 0) is 48.2 Å². The smallest absolute Gasteiger partial charge is 0.0319 e. The summed E-state index contributed by atoms with van der Waals surface area (Å²) in [6.07, 6.45) is 4.26. The Balaban J connectivity index is 2.32. The Morgan fingerprint density at radius 2 is 1.53 bits per heavy atom. The average Bonchev–Trinajstić information content (AvgIpc) is 2.28. The molecule has 0 aliphatic heterocycles. The molecule has 0 saturated carbocycles. The minimum absolute atomic E-state index is 0.800. The molecule has 0 aromatic heterocycles. The molecule has 2 rings (SSSR count). The molecule has 0 bridgehead atoms. The fraction of sp³-hybridized carbons (Fsp3) is 0.125. The lowest BCUT2D eigenvalue weighted by atomic mass is 10.0. The van der Waals surface area contributed by atoms with E-state index in [1.807, 2.05) is 18.2 Å². The summed E-state index contributed by atoms with van der Waals surface area (Å²) in [6.45, 7) is 4.26. The van der Waals surface area contributed by atoms with Gasteiger partial charge >= 0.3 is 0 Å². The Morgan fingerprint density at radius 3 is 2.18 bits per heavy atom. The minimum Gasteiger partial charge on any atom is -0.399 e. The maximum Gasteiger partial charge on any atom is 0.0319 e. The molecule has 0 unspecified atom stereocenters. The molecule has 2 N–H and O–H groups in total. The second-order valence-electron chi connectivity index (χ2n) is 4.31. The van der Waals surface area contributed by atoms with Crippen molar-refractivity contribution in [1.82, 2.24) is 0 Å². The van der Waals surface area contributed by atoms with Gasteiger partial charge in [-0.1, -0.05) is 42.5 Å². The van der Waals surface area contributed by atoms with Crippen LogP contribution in [0.15, 0.2) is 42.5 Å². The van der Waals surface area contributed by atoms with Gasteiger partial charge in [0.1, 0.15) is 0 Å². The summed E-state index contributed by atoms with van der Waals surface area (Å²) in [7, 11) is 0. The van der Waals surface area contributed by atoms with Crippen LogP contribution in [0.2, 0.25) is 0 Å². The quantitative estimate of drug-likeness (QED) is 0.603. The van der Waals surface area contributed by atoms with Crippen LogP contribution in [0.5, 0.6) is 0 Å². The molecule has 0 spiro atoms. The average molecular weight is 223 g/mol. The predicted octanol–water partition coefficient (Wildman–Crippen LogP) is 4.06. The lowest BCUT2D eigenvalue weighted by molar-refractivity contribution is 1.36. The molecule has 86 valence electrons. The second-order valence-corrected chi connectivity index (χ2v) is 4.31. The van der Waals surface area contributed by atoms with Gasteiger partial charge in [0.15, 0.2) is 0 Å². The van der Waals surface area contributed by atoms with Crippen LogP contribution in [0.1, 0.15) is 22.3 Å². The van der Waals surface area contributed by atoms with Gasteiger partial charge in [-0.25, -0.2) is 0 Å². The number of hydrogen-bond donors (Lipinski definition) is 1. The summed E-state index contributed by atoms with van der Waals surface area (Å²) in [4.78, 5) is 0. The molecule has 0 heterocycles. The van der Waals surface area contributed by atoms with E-state index in [-0.39, 0.29) is 0 Å². The van der Waals surface area contributed by atoms with Crippen molar-refractivity contribution in [3.63, 3.8) is 0 Å². The van der Waals surface area contributed by atoms with Crippen molar-refractivity contribution < 1.29 is 0 Å². The van der Waals surface area contributed by atoms with Gasteiger partial charge < -0.3 is 5.73 Å². The van der Waals surface area contributed by atoms with Gasteiger partial charge in [-0.15, -0.1) is 0 Å². The monoisotopic (exact) mass is 223 g/mol. The first-order valence-electron chi connectivity index (χ1n) is 5.76. The summed E-state index contributed by atoms with van der Waals surface area (Å²) >= 11 is 0. The third-order valence-electron chi connectivity index (χ3n) is 2.90. The van der Waals surface area contributed by atoms with E-state index in [0.29, 0.717) is 0 Å². The third kappa shape index (κ3) is 2.76. The van der Waals surface area contributed by atoms with E-state index in [4.69, 9.17) is 5.73 Å². The van der Waals surface area contributed by atoms with Crippen LogP contribution in [0.3, 0.4) is 0 Å². The SMILES string of the molecule is Cc1cccc(C)c1C=Cc1cccc(N)c1. The molecule has 1 nitrogen and oxygen atoms in total. The van der Waals surface area contributed by atoms with Crippen LogP contribution in [0.25, 0.3) is 12.2 Å². The van der Waals surface area contributed by atoms with Crippen LogP contribution in [-0.4, -0.2) is 0 Å². The van der Waals surface area contributed by atoms with E-state index in [0.717, 1.165) is 11.3 Å². The zero-order valence-electron chi connectivity index (χ0n) is 10.3. The molecule has 2 aromatic carbocycles. The van der Waals surface area contributed by atoms with Crippen LogP contribution in [0, 0.1) is 13.8 Å². The van der Waals surface area contributed by atoms with Gasteiger partial charge in [-0.2, -0.15) is 0 Å². The molecule has 0 saturated heterocycles. The first-order chi connectivity index (χ1) is 8.16. The highest BCUT2D eigenvalue weighted by atomic mass is 14.5. The second kappa shape index (κ2) is 4.88. The summed E-state index contributed by atoms with van der Waals surface area (Å²) in [5, 5.41) is 0. The largest absolute Gasteiger partial charge is 0.399 e. The summed E-state index contributed by atoms with van der Waals surface area (Å²) < 4.78 is 0. The molecule has 0 aliphatic rings. The predicted molar refractivity (Wildman–Crippen MR) is 75.7 cm³/mol. The highest BCUT2D eigenvalue weighted by molar-refractivity contribution is 5.73. The Hall–Kier alpha value is -2.02. The van der Waals surface area contributed by atoms with Crippen molar-refractivity contribution in [2.24, 2.45) is 0 Å². The number of benzene rings is 2. The topological polar surface area (TPSA) is 26.0 Å². The zero-order chi connectivity index (χ0) is 12.3. The van der Waals surface area contributed by atoms with E-state index in [2.05, 4.69) is 50.3 Å². The molecule has 0 aliphatic carbocycles. The zero-order valence-corrected chi connectivity index (χ0v) is 10.3. The summed E-state index contributed by atoms with van der Waals surface area (Å²) in [5.74, 6) is 0. The van der Waals surface area contributed by atoms with Crippen LogP contribution >= 0.6 is 0 Å².